The second-order valence-electron chi connectivity index (χ2n) is 6.56. The minimum atomic E-state index is -0.497. The number of halogens is 1. The van der Waals surface area contributed by atoms with Gasteiger partial charge in [0.1, 0.15) is 0 Å². The largest absolute Gasteiger partial charge is 0.491 e. The summed E-state index contributed by atoms with van der Waals surface area (Å²) in [6, 6.07) is 12.6. The van der Waals surface area contributed by atoms with Gasteiger partial charge in [0.15, 0.2) is 11.6 Å². The fourth-order valence-electron chi connectivity index (χ4n) is 2.82. The van der Waals surface area contributed by atoms with Crippen LogP contribution < -0.4 is 4.74 Å². The SMILES string of the molecule is CCCCCCCCOc1ccc(-c2ccc(C(C)O)cc2)cc1F. The summed E-state index contributed by atoms with van der Waals surface area (Å²) in [4.78, 5) is 0. The van der Waals surface area contributed by atoms with E-state index in [4.69, 9.17) is 4.74 Å². The number of hydrogen-bond donors (Lipinski definition) is 1. The molecule has 1 unspecified atom stereocenters. The van der Waals surface area contributed by atoms with Gasteiger partial charge in [0.2, 0.25) is 0 Å². The van der Waals surface area contributed by atoms with E-state index in [0.717, 1.165) is 29.5 Å². The molecule has 2 aromatic rings. The molecule has 0 heterocycles. The van der Waals surface area contributed by atoms with Crippen LogP contribution in [0.2, 0.25) is 0 Å². The monoisotopic (exact) mass is 344 g/mol. The van der Waals surface area contributed by atoms with Crippen molar-refractivity contribution in [3.05, 3.63) is 53.8 Å². The van der Waals surface area contributed by atoms with Crippen molar-refractivity contribution in [2.24, 2.45) is 0 Å². The predicted octanol–water partition coefficient (Wildman–Crippen LogP) is 6.29. The van der Waals surface area contributed by atoms with Crippen molar-refractivity contribution in [3.8, 4) is 16.9 Å². The van der Waals surface area contributed by atoms with E-state index in [2.05, 4.69) is 6.92 Å². The average Bonchev–Trinajstić information content (AvgIpc) is 2.62. The van der Waals surface area contributed by atoms with Crippen molar-refractivity contribution >= 4 is 0 Å². The number of ether oxygens (including phenoxy) is 1. The van der Waals surface area contributed by atoms with Crippen LogP contribution in [0.5, 0.6) is 5.75 Å². The summed E-state index contributed by atoms with van der Waals surface area (Å²) in [5.41, 5.74) is 2.58. The molecule has 0 aliphatic heterocycles. The number of rotatable bonds is 10. The molecule has 0 aliphatic carbocycles. The van der Waals surface area contributed by atoms with Gasteiger partial charge >= 0.3 is 0 Å². The third-order valence-electron chi connectivity index (χ3n) is 4.41. The zero-order valence-electron chi connectivity index (χ0n) is 15.3. The third kappa shape index (κ3) is 6.17. The lowest BCUT2D eigenvalue weighted by Crippen LogP contribution is -1.99. The van der Waals surface area contributed by atoms with Gasteiger partial charge in [-0.05, 0) is 42.2 Å². The molecule has 3 heteroatoms. The highest BCUT2D eigenvalue weighted by molar-refractivity contribution is 5.64. The van der Waals surface area contributed by atoms with Crippen molar-refractivity contribution in [2.45, 2.75) is 58.5 Å². The number of aliphatic hydroxyl groups excluding tert-OH is 1. The van der Waals surface area contributed by atoms with Crippen LogP contribution in [-0.2, 0) is 0 Å². The number of hydrogen-bond acceptors (Lipinski definition) is 2. The van der Waals surface area contributed by atoms with Gasteiger partial charge < -0.3 is 9.84 Å². The van der Waals surface area contributed by atoms with Crippen LogP contribution in [0.1, 0.15) is 64.0 Å². The topological polar surface area (TPSA) is 29.5 Å². The van der Waals surface area contributed by atoms with Gasteiger partial charge in [-0.2, -0.15) is 0 Å². The van der Waals surface area contributed by atoms with Crippen molar-refractivity contribution in [2.75, 3.05) is 6.61 Å². The molecule has 2 rings (SSSR count). The summed E-state index contributed by atoms with van der Waals surface area (Å²) in [5, 5.41) is 9.55. The highest BCUT2D eigenvalue weighted by atomic mass is 19.1. The summed E-state index contributed by atoms with van der Waals surface area (Å²) in [7, 11) is 0. The molecular weight excluding hydrogens is 315 g/mol. The van der Waals surface area contributed by atoms with Crippen molar-refractivity contribution in [1.29, 1.82) is 0 Å². The first kappa shape index (κ1) is 19.5. The maximum absolute atomic E-state index is 14.3. The highest BCUT2D eigenvalue weighted by Gasteiger charge is 2.07. The Hall–Kier alpha value is -1.87. The van der Waals surface area contributed by atoms with Crippen molar-refractivity contribution in [1.82, 2.24) is 0 Å². The van der Waals surface area contributed by atoms with Gasteiger partial charge in [0.05, 0.1) is 12.7 Å². The predicted molar refractivity (Wildman–Crippen MR) is 101 cm³/mol. The first-order chi connectivity index (χ1) is 12.1. The van der Waals surface area contributed by atoms with Crippen LogP contribution in [-0.4, -0.2) is 11.7 Å². The smallest absolute Gasteiger partial charge is 0.165 e. The number of aliphatic hydroxyl groups is 1. The molecule has 2 nitrogen and oxygen atoms in total. The van der Waals surface area contributed by atoms with Gasteiger partial charge in [-0.25, -0.2) is 4.39 Å². The van der Waals surface area contributed by atoms with Crippen LogP contribution in [0.4, 0.5) is 4.39 Å². The van der Waals surface area contributed by atoms with E-state index in [9.17, 15) is 9.50 Å². The standard InChI is InChI=1S/C22H29FO2/c1-3-4-5-6-7-8-15-25-22-14-13-20(16-21(22)23)19-11-9-18(10-12-19)17(2)24/h9-14,16-17,24H,3-8,15H2,1-2H3. The first-order valence-corrected chi connectivity index (χ1v) is 9.32. The molecule has 1 N–H and O–H groups in total. The fourth-order valence-corrected chi connectivity index (χ4v) is 2.82. The molecule has 0 amide bonds. The van der Waals surface area contributed by atoms with Crippen LogP contribution in [0.15, 0.2) is 42.5 Å². The summed E-state index contributed by atoms with van der Waals surface area (Å²) >= 11 is 0. The second kappa shape index (κ2) is 10.2. The molecule has 0 saturated carbocycles. The minimum Gasteiger partial charge on any atom is -0.491 e. The minimum absolute atomic E-state index is 0.318. The summed E-state index contributed by atoms with van der Waals surface area (Å²) in [5.74, 6) is -0.0130. The number of benzene rings is 2. The second-order valence-corrected chi connectivity index (χ2v) is 6.56. The maximum Gasteiger partial charge on any atom is 0.165 e. The van der Waals surface area contributed by atoms with E-state index in [1.807, 2.05) is 30.3 Å². The maximum atomic E-state index is 14.3. The van der Waals surface area contributed by atoms with Gasteiger partial charge in [0, 0.05) is 0 Å². The van der Waals surface area contributed by atoms with Crippen LogP contribution in [0.3, 0.4) is 0 Å². The molecule has 25 heavy (non-hydrogen) atoms. The zero-order chi connectivity index (χ0) is 18.1. The van der Waals surface area contributed by atoms with Crippen LogP contribution >= 0.6 is 0 Å². The Kier molecular flexibility index (Phi) is 7.93. The summed E-state index contributed by atoms with van der Waals surface area (Å²) < 4.78 is 19.8. The van der Waals surface area contributed by atoms with Crippen molar-refractivity contribution in [3.63, 3.8) is 0 Å². The van der Waals surface area contributed by atoms with E-state index in [0.29, 0.717) is 12.4 Å². The van der Waals surface area contributed by atoms with Gasteiger partial charge in [-0.3, -0.25) is 0 Å². The zero-order valence-corrected chi connectivity index (χ0v) is 15.3. The Morgan fingerprint density at radius 3 is 2.20 bits per heavy atom. The molecule has 0 radical (unpaired) electrons. The Bertz CT molecular complexity index is 635. The van der Waals surface area contributed by atoms with E-state index < -0.39 is 6.10 Å². The van der Waals surface area contributed by atoms with Crippen LogP contribution in [0.25, 0.3) is 11.1 Å². The summed E-state index contributed by atoms with van der Waals surface area (Å²) in [6.45, 7) is 4.49. The molecule has 0 bridgehead atoms. The third-order valence-corrected chi connectivity index (χ3v) is 4.41. The fraction of sp³-hybridized carbons (Fsp3) is 0.455. The van der Waals surface area contributed by atoms with E-state index in [-0.39, 0.29) is 5.82 Å². The normalized spacial score (nSPS) is 12.2. The van der Waals surface area contributed by atoms with Crippen LogP contribution in [0, 0.1) is 5.82 Å². The lowest BCUT2D eigenvalue weighted by molar-refractivity contribution is 0.199. The molecule has 0 spiro atoms. The lowest BCUT2D eigenvalue weighted by atomic mass is 10.0. The Morgan fingerprint density at radius 1 is 0.920 bits per heavy atom. The lowest BCUT2D eigenvalue weighted by Gasteiger charge is -2.10. The Balaban J connectivity index is 1.87. The quantitative estimate of drug-likeness (QED) is 0.514. The molecule has 1 atom stereocenters. The Labute approximate surface area is 150 Å². The van der Waals surface area contributed by atoms with E-state index >= 15 is 0 Å². The van der Waals surface area contributed by atoms with Gasteiger partial charge in [-0.1, -0.05) is 69.4 Å². The average molecular weight is 344 g/mol. The van der Waals surface area contributed by atoms with E-state index in [1.165, 1.54) is 31.7 Å². The number of unbranched alkanes of at least 4 members (excludes halogenated alkanes) is 5. The first-order valence-electron chi connectivity index (χ1n) is 9.32. The molecule has 0 aliphatic rings. The van der Waals surface area contributed by atoms with E-state index in [1.54, 1.807) is 13.0 Å². The molecule has 0 saturated heterocycles. The van der Waals surface area contributed by atoms with Crippen molar-refractivity contribution < 1.29 is 14.2 Å². The molecule has 0 aromatic heterocycles. The van der Waals surface area contributed by atoms with Gasteiger partial charge in [0.25, 0.3) is 0 Å². The highest BCUT2D eigenvalue weighted by Crippen LogP contribution is 2.27. The molecular formula is C22H29FO2. The summed E-state index contributed by atoms with van der Waals surface area (Å²) in [6.07, 6.45) is 6.63. The molecule has 136 valence electrons. The molecule has 0 fully saturated rings. The molecule has 2 aromatic carbocycles. The van der Waals surface area contributed by atoms with Gasteiger partial charge in [-0.15, -0.1) is 0 Å². The Morgan fingerprint density at radius 2 is 1.56 bits per heavy atom.